The van der Waals surface area contributed by atoms with Crippen molar-refractivity contribution in [1.82, 2.24) is 15.5 Å². The van der Waals surface area contributed by atoms with E-state index in [-0.39, 0.29) is 24.3 Å². The first-order valence-electron chi connectivity index (χ1n) is 9.66. The van der Waals surface area contributed by atoms with Gasteiger partial charge in [-0.3, -0.25) is 4.79 Å². The summed E-state index contributed by atoms with van der Waals surface area (Å²) in [5.74, 6) is 1.04. The van der Waals surface area contributed by atoms with Crippen molar-refractivity contribution in [3.8, 4) is 5.75 Å². The van der Waals surface area contributed by atoms with Gasteiger partial charge in [0.25, 0.3) is 0 Å². The van der Waals surface area contributed by atoms with Crippen LogP contribution in [0, 0.1) is 12.7 Å². The van der Waals surface area contributed by atoms with Crippen LogP contribution >= 0.6 is 0 Å². The van der Waals surface area contributed by atoms with Gasteiger partial charge in [-0.15, -0.1) is 0 Å². The lowest BCUT2D eigenvalue weighted by Crippen LogP contribution is -2.45. The molecule has 7 heteroatoms. The van der Waals surface area contributed by atoms with Gasteiger partial charge >= 0.3 is 0 Å². The molecule has 1 aliphatic rings. The molecule has 0 saturated carbocycles. The molecule has 1 heterocycles. The summed E-state index contributed by atoms with van der Waals surface area (Å²) in [6.45, 7) is 2.74. The van der Waals surface area contributed by atoms with Crippen LogP contribution in [-0.4, -0.2) is 44.0 Å². The number of rotatable bonds is 5. The second-order valence-electron chi connectivity index (χ2n) is 7.26. The summed E-state index contributed by atoms with van der Waals surface area (Å²) in [4.78, 5) is 18.1. The summed E-state index contributed by atoms with van der Waals surface area (Å²) in [7, 11) is 3.41. The SMILES string of the molecule is Cc1ccc(CN=C(NCC(=O)N(C)C)NC2CCOc3ccccc32)cc1F. The van der Waals surface area contributed by atoms with E-state index in [0.717, 1.165) is 23.3 Å². The van der Waals surface area contributed by atoms with Gasteiger partial charge in [-0.25, -0.2) is 9.38 Å². The Morgan fingerprint density at radius 1 is 1.28 bits per heavy atom. The molecule has 2 aromatic rings. The molecule has 0 spiro atoms. The van der Waals surface area contributed by atoms with Crippen LogP contribution in [0.25, 0.3) is 0 Å². The molecule has 6 nitrogen and oxygen atoms in total. The Morgan fingerprint density at radius 2 is 2.07 bits per heavy atom. The Labute approximate surface area is 170 Å². The van der Waals surface area contributed by atoms with Crippen LogP contribution < -0.4 is 15.4 Å². The zero-order valence-electron chi connectivity index (χ0n) is 17.0. The predicted octanol–water partition coefficient (Wildman–Crippen LogP) is 2.78. The van der Waals surface area contributed by atoms with Gasteiger partial charge in [0.2, 0.25) is 5.91 Å². The van der Waals surface area contributed by atoms with Gasteiger partial charge in [0.15, 0.2) is 5.96 Å². The molecule has 2 N–H and O–H groups in total. The average Bonchev–Trinajstić information content (AvgIpc) is 2.72. The molecule has 154 valence electrons. The first-order valence-corrected chi connectivity index (χ1v) is 9.66. The first kappa shape index (κ1) is 20.6. The van der Waals surface area contributed by atoms with Crippen molar-refractivity contribution in [2.75, 3.05) is 27.2 Å². The minimum atomic E-state index is -0.249. The highest BCUT2D eigenvalue weighted by Gasteiger charge is 2.22. The fourth-order valence-electron chi connectivity index (χ4n) is 3.03. The molecule has 0 radical (unpaired) electrons. The number of hydrogen-bond acceptors (Lipinski definition) is 3. The molecule has 2 aromatic carbocycles. The smallest absolute Gasteiger partial charge is 0.241 e. The topological polar surface area (TPSA) is 66.0 Å². The lowest BCUT2D eigenvalue weighted by Gasteiger charge is -2.28. The van der Waals surface area contributed by atoms with Crippen LogP contribution in [0.4, 0.5) is 4.39 Å². The number of ether oxygens (including phenoxy) is 1. The lowest BCUT2D eigenvalue weighted by atomic mass is 10.0. The van der Waals surface area contributed by atoms with Crippen LogP contribution in [-0.2, 0) is 11.3 Å². The molecule has 1 aliphatic heterocycles. The average molecular weight is 398 g/mol. The third-order valence-corrected chi connectivity index (χ3v) is 4.83. The number of nitrogens with zero attached hydrogens (tertiary/aromatic N) is 2. The predicted molar refractivity (Wildman–Crippen MR) is 111 cm³/mol. The van der Waals surface area contributed by atoms with Gasteiger partial charge in [-0.1, -0.05) is 30.3 Å². The fourth-order valence-corrected chi connectivity index (χ4v) is 3.03. The second kappa shape index (κ2) is 9.41. The Bertz CT molecular complexity index is 898. The number of aliphatic imine (C=N–C) groups is 1. The van der Waals surface area contributed by atoms with Gasteiger partial charge in [0.05, 0.1) is 25.7 Å². The van der Waals surface area contributed by atoms with Crippen molar-refractivity contribution in [3.63, 3.8) is 0 Å². The molecular weight excluding hydrogens is 371 g/mol. The lowest BCUT2D eigenvalue weighted by molar-refractivity contribution is -0.127. The summed E-state index contributed by atoms with van der Waals surface area (Å²) in [6.07, 6.45) is 0.776. The van der Waals surface area contributed by atoms with Crippen molar-refractivity contribution in [1.29, 1.82) is 0 Å². The van der Waals surface area contributed by atoms with E-state index in [4.69, 9.17) is 4.74 Å². The van der Waals surface area contributed by atoms with Gasteiger partial charge in [-0.2, -0.15) is 0 Å². The number of likely N-dealkylation sites (N-methyl/N-ethyl adjacent to an activating group) is 1. The number of carbonyl (C=O) groups excluding carboxylic acids is 1. The van der Waals surface area contributed by atoms with Crippen molar-refractivity contribution >= 4 is 11.9 Å². The third kappa shape index (κ3) is 5.47. The van der Waals surface area contributed by atoms with Crippen LogP contribution in [0.15, 0.2) is 47.5 Å². The molecule has 0 bridgehead atoms. The van der Waals surface area contributed by atoms with Crippen LogP contribution in [0.3, 0.4) is 0 Å². The molecule has 1 amide bonds. The number of hydrogen-bond donors (Lipinski definition) is 2. The minimum Gasteiger partial charge on any atom is -0.493 e. The second-order valence-corrected chi connectivity index (χ2v) is 7.26. The standard InChI is InChI=1S/C22H27FN4O2/c1-15-8-9-16(12-18(15)23)13-24-22(25-14-21(28)27(2)3)26-19-10-11-29-20-7-5-4-6-17(19)20/h4-9,12,19H,10-11,13-14H2,1-3H3,(H2,24,25,26). The Kier molecular flexibility index (Phi) is 6.69. The fraction of sp³-hybridized carbons (Fsp3) is 0.364. The zero-order valence-corrected chi connectivity index (χ0v) is 17.0. The summed E-state index contributed by atoms with van der Waals surface area (Å²) < 4.78 is 19.6. The molecule has 1 unspecified atom stereocenters. The molecule has 3 rings (SSSR count). The first-order chi connectivity index (χ1) is 13.9. The van der Waals surface area contributed by atoms with E-state index in [0.29, 0.717) is 24.7 Å². The van der Waals surface area contributed by atoms with Gasteiger partial charge < -0.3 is 20.3 Å². The number of benzene rings is 2. The van der Waals surface area contributed by atoms with E-state index < -0.39 is 0 Å². The molecule has 0 aliphatic carbocycles. The van der Waals surface area contributed by atoms with E-state index in [2.05, 4.69) is 15.6 Å². The van der Waals surface area contributed by atoms with Crippen molar-refractivity contribution < 1.29 is 13.9 Å². The highest BCUT2D eigenvalue weighted by Crippen LogP contribution is 2.31. The number of halogens is 1. The molecule has 0 fully saturated rings. The van der Waals surface area contributed by atoms with Crippen LogP contribution in [0.1, 0.15) is 29.2 Å². The molecule has 0 aromatic heterocycles. The number of carbonyl (C=O) groups is 1. The summed E-state index contributed by atoms with van der Waals surface area (Å²) >= 11 is 0. The van der Waals surface area contributed by atoms with Gasteiger partial charge in [0, 0.05) is 26.1 Å². The highest BCUT2D eigenvalue weighted by molar-refractivity contribution is 5.86. The van der Waals surface area contributed by atoms with Crippen LogP contribution in [0.2, 0.25) is 0 Å². The number of nitrogens with one attached hydrogen (secondary N) is 2. The maximum atomic E-state index is 13.8. The van der Waals surface area contributed by atoms with E-state index in [1.165, 1.54) is 11.0 Å². The van der Waals surface area contributed by atoms with E-state index in [9.17, 15) is 9.18 Å². The maximum Gasteiger partial charge on any atom is 0.241 e. The quantitative estimate of drug-likeness (QED) is 0.601. The van der Waals surface area contributed by atoms with E-state index in [1.807, 2.05) is 30.3 Å². The maximum absolute atomic E-state index is 13.8. The Hall–Kier alpha value is -3.09. The Morgan fingerprint density at radius 3 is 2.83 bits per heavy atom. The molecule has 1 atom stereocenters. The number of amides is 1. The minimum absolute atomic E-state index is 0.00964. The summed E-state index contributed by atoms with van der Waals surface area (Å²) in [5, 5.41) is 6.49. The van der Waals surface area contributed by atoms with E-state index in [1.54, 1.807) is 27.1 Å². The van der Waals surface area contributed by atoms with Crippen LogP contribution in [0.5, 0.6) is 5.75 Å². The van der Waals surface area contributed by atoms with Crippen molar-refractivity contribution in [3.05, 3.63) is 65.0 Å². The number of guanidine groups is 1. The van der Waals surface area contributed by atoms with Crippen molar-refractivity contribution in [2.45, 2.75) is 25.9 Å². The molecule has 29 heavy (non-hydrogen) atoms. The molecular formula is C22H27FN4O2. The van der Waals surface area contributed by atoms with E-state index >= 15 is 0 Å². The number of fused-ring (bicyclic) bond motifs is 1. The zero-order chi connectivity index (χ0) is 20.8. The normalized spacial score (nSPS) is 15.9. The summed E-state index contributed by atoms with van der Waals surface area (Å²) in [6, 6.07) is 13.0. The molecule has 0 saturated heterocycles. The van der Waals surface area contributed by atoms with Gasteiger partial charge in [-0.05, 0) is 30.2 Å². The van der Waals surface area contributed by atoms with Gasteiger partial charge in [0.1, 0.15) is 11.6 Å². The van der Waals surface area contributed by atoms with Crippen molar-refractivity contribution in [2.24, 2.45) is 4.99 Å². The number of aryl methyl sites for hydroxylation is 1. The highest BCUT2D eigenvalue weighted by atomic mass is 19.1. The monoisotopic (exact) mass is 398 g/mol. The number of para-hydroxylation sites is 1. The summed E-state index contributed by atoms with van der Waals surface area (Å²) in [5.41, 5.74) is 2.42. The third-order valence-electron chi connectivity index (χ3n) is 4.83. The Balaban J connectivity index is 1.77. The largest absolute Gasteiger partial charge is 0.493 e.